The molecule has 1 saturated carbocycles. The normalized spacial score (nSPS) is 18.5. The van der Waals surface area contributed by atoms with E-state index >= 15 is 0 Å². The first-order valence-electron chi connectivity index (χ1n) is 8.90. The number of hydrogen-bond acceptors (Lipinski definition) is 3. The van der Waals surface area contributed by atoms with E-state index in [0.717, 1.165) is 11.0 Å². The molecule has 1 aliphatic carbocycles. The van der Waals surface area contributed by atoms with Crippen molar-refractivity contribution in [2.24, 2.45) is 4.99 Å². The Morgan fingerprint density at radius 1 is 1.03 bits per heavy atom. The maximum atomic E-state index is 14.2. The van der Waals surface area contributed by atoms with E-state index < -0.39 is 68.0 Å². The fraction of sp³-hybridized carbons (Fsp3) is 0.389. The Labute approximate surface area is 199 Å². The minimum atomic E-state index is -6.32. The largest absolute Gasteiger partial charge is 0.416 e. The molecule has 0 unspecified atom stereocenters. The first kappa shape index (κ1) is 26.9. The summed E-state index contributed by atoms with van der Waals surface area (Å²) in [6.45, 7) is 0. The number of nitriles is 1. The molecule has 0 radical (unpaired) electrons. The summed E-state index contributed by atoms with van der Waals surface area (Å²) in [6, 6.07) is 1.60. The van der Waals surface area contributed by atoms with Gasteiger partial charge in [0.25, 0.3) is 0 Å². The monoisotopic (exact) mass is 555 g/mol. The molecule has 0 aliphatic heterocycles. The number of hydrogen-bond donors (Lipinski definition) is 0. The zero-order valence-electron chi connectivity index (χ0n) is 17.0. The summed E-state index contributed by atoms with van der Waals surface area (Å²) >= 11 is 11.7. The lowest BCUT2D eigenvalue weighted by Crippen LogP contribution is -2.37. The van der Waals surface area contributed by atoms with Crippen LogP contribution in [0, 0.1) is 11.3 Å². The molecule has 35 heavy (non-hydrogen) atoms. The van der Waals surface area contributed by atoms with Gasteiger partial charge in [0.2, 0.25) is 5.41 Å². The quantitative estimate of drug-likeness (QED) is 0.250. The maximum absolute atomic E-state index is 14.2. The first-order chi connectivity index (χ1) is 15.8. The first-order valence-corrected chi connectivity index (χ1v) is 9.66. The average molecular weight is 556 g/mol. The molecule has 5 nitrogen and oxygen atoms in total. The van der Waals surface area contributed by atoms with Crippen molar-refractivity contribution in [2.45, 2.75) is 29.6 Å². The smallest absolute Gasteiger partial charge is 0.369 e. The minimum absolute atomic E-state index is 0.136. The van der Waals surface area contributed by atoms with E-state index in [0.29, 0.717) is 6.34 Å². The van der Waals surface area contributed by atoms with Gasteiger partial charge in [-0.15, -0.1) is 0 Å². The lowest BCUT2D eigenvalue weighted by Gasteiger charge is -2.19. The molecule has 0 atom stereocenters. The fourth-order valence-corrected chi connectivity index (χ4v) is 4.09. The van der Waals surface area contributed by atoms with Crippen LogP contribution in [0.4, 0.5) is 49.7 Å². The molecule has 1 fully saturated rings. The number of aromatic nitrogens is 2. The van der Waals surface area contributed by atoms with Crippen LogP contribution in [0.5, 0.6) is 0 Å². The van der Waals surface area contributed by atoms with Gasteiger partial charge in [0, 0.05) is 14.1 Å². The van der Waals surface area contributed by atoms with Crippen LogP contribution in [0.15, 0.2) is 17.1 Å². The maximum Gasteiger partial charge on any atom is 0.416 e. The second-order valence-electron chi connectivity index (χ2n) is 7.46. The Balaban J connectivity index is 2.49. The molecule has 1 heterocycles. The summed E-state index contributed by atoms with van der Waals surface area (Å²) in [7, 11) is 2.54. The molecule has 1 aromatic heterocycles. The predicted octanol–water partition coefficient (Wildman–Crippen LogP) is 6.38. The van der Waals surface area contributed by atoms with Crippen LogP contribution in [0.2, 0.25) is 10.0 Å². The molecule has 17 heteroatoms. The van der Waals surface area contributed by atoms with E-state index in [1.165, 1.54) is 14.1 Å². The topological polar surface area (TPSA) is 57.2 Å². The summed E-state index contributed by atoms with van der Waals surface area (Å²) < 4.78 is 138. The van der Waals surface area contributed by atoms with Crippen molar-refractivity contribution < 1.29 is 43.9 Å². The highest BCUT2D eigenvalue weighted by molar-refractivity contribution is 6.38. The van der Waals surface area contributed by atoms with Gasteiger partial charge in [0.15, 0.2) is 11.5 Å². The molecule has 3 rings (SSSR count). The van der Waals surface area contributed by atoms with Crippen molar-refractivity contribution in [1.29, 1.82) is 5.26 Å². The third-order valence-corrected chi connectivity index (χ3v) is 5.58. The number of alkyl halides is 10. The molecule has 0 saturated heterocycles. The third-order valence-electron chi connectivity index (χ3n) is 5.01. The van der Waals surface area contributed by atoms with E-state index in [1.807, 2.05) is 0 Å². The Morgan fingerprint density at radius 3 is 1.86 bits per heavy atom. The van der Waals surface area contributed by atoms with E-state index in [2.05, 4.69) is 10.1 Å². The van der Waals surface area contributed by atoms with Gasteiger partial charge in [0.05, 0.1) is 27.5 Å². The summed E-state index contributed by atoms with van der Waals surface area (Å²) in [5.41, 5.74) is -11.0. The number of rotatable bonds is 4. The van der Waals surface area contributed by atoms with Gasteiger partial charge < -0.3 is 4.90 Å². The lowest BCUT2D eigenvalue weighted by atomic mass is 9.93. The molecule has 0 amide bonds. The van der Waals surface area contributed by atoms with Gasteiger partial charge >= 0.3 is 24.2 Å². The van der Waals surface area contributed by atoms with E-state index in [9.17, 15) is 49.2 Å². The van der Waals surface area contributed by atoms with Crippen molar-refractivity contribution >= 4 is 35.4 Å². The van der Waals surface area contributed by atoms with Gasteiger partial charge in [-0.2, -0.15) is 54.3 Å². The standard InChI is InChI=1S/C18H9Cl2F10N5/c1-34(2)6-32-13-11(14(18(28,29)30)16(24,25)17(14,26)27)10(5-31)33-35(13)12-8(19)3-7(4-9(12)20)15(21,22)23/h3-4,6H,1-2H3. The molecule has 0 spiro atoms. The molecular weight excluding hydrogens is 547 g/mol. The summed E-state index contributed by atoms with van der Waals surface area (Å²) in [5.74, 6) is -12.8. The highest BCUT2D eigenvalue weighted by Crippen LogP contribution is 2.79. The van der Waals surface area contributed by atoms with E-state index in [4.69, 9.17) is 23.2 Å². The molecule has 1 aromatic carbocycles. The number of halogens is 12. The molecular formula is C18H9Cl2F10N5. The molecule has 0 bridgehead atoms. The van der Waals surface area contributed by atoms with Crippen LogP contribution >= 0.6 is 23.2 Å². The van der Waals surface area contributed by atoms with Gasteiger partial charge in [-0.1, -0.05) is 23.2 Å². The van der Waals surface area contributed by atoms with Crippen LogP contribution in [-0.2, 0) is 11.6 Å². The van der Waals surface area contributed by atoms with Crippen molar-refractivity contribution in [1.82, 2.24) is 14.7 Å². The average Bonchev–Trinajstić information content (AvgIpc) is 2.91. The Bertz CT molecular complexity index is 1220. The molecule has 190 valence electrons. The van der Waals surface area contributed by atoms with Crippen molar-refractivity contribution in [3.8, 4) is 11.8 Å². The minimum Gasteiger partial charge on any atom is -0.369 e. The highest BCUT2D eigenvalue weighted by atomic mass is 35.5. The predicted molar refractivity (Wildman–Crippen MR) is 103 cm³/mol. The number of benzene rings is 1. The van der Waals surface area contributed by atoms with E-state index in [1.54, 1.807) is 0 Å². The summed E-state index contributed by atoms with van der Waals surface area (Å²) in [4.78, 5) is 4.56. The summed E-state index contributed by atoms with van der Waals surface area (Å²) in [5, 5.41) is 10.8. The van der Waals surface area contributed by atoms with Gasteiger partial charge in [-0.25, -0.2) is 9.67 Å². The molecule has 1 aliphatic rings. The number of aliphatic imine (C=N–C) groups is 1. The highest BCUT2D eigenvalue weighted by Gasteiger charge is 3.06. The van der Waals surface area contributed by atoms with Crippen LogP contribution in [0.25, 0.3) is 5.69 Å². The second kappa shape index (κ2) is 7.89. The van der Waals surface area contributed by atoms with Crippen LogP contribution < -0.4 is 0 Å². The Hall–Kier alpha value is -2.73. The van der Waals surface area contributed by atoms with Crippen molar-refractivity contribution in [3.05, 3.63) is 39.0 Å². The summed E-state index contributed by atoms with van der Waals surface area (Å²) in [6.07, 6.45) is -10.6. The third kappa shape index (κ3) is 3.60. The zero-order chi connectivity index (χ0) is 26.9. The second-order valence-corrected chi connectivity index (χ2v) is 8.28. The molecule has 0 N–H and O–H groups in total. The molecule has 2 aromatic rings. The Morgan fingerprint density at radius 2 is 1.51 bits per heavy atom. The zero-order valence-corrected chi connectivity index (χ0v) is 18.5. The van der Waals surface area contributed by atoms with Crippen molar-refractivity contribution in [2.75, 3.05) is 14.1 Å². The fourth-order valence-electron chi connectivity index (χ4n) is 3.44. The van der Waals surface area contributed by atoms with Crippen LogP contribution in [-0.4, -0.2) is 53.1 Å². The van der Waals surface area contributed by atoms with Gasteiger partial charge in [-0.3, -0.25) is 0 Å². The van der Waals surface area contributed by atoms with Gasteiger partial charge in [-0.05, 0) is 12.1 Å². The van der Waals surface area contributed by atoms with Crippen LogP contribution in [0.1, 0.15) is 16.8 Å². The SMILES string of the molecule is CN(C)C=Nc1c(C2(C(F)(F)F)C(F)(F)C2(F)F)c(C#N)nn1-c1c(Cl)cc(C(F)(F)F)cc1Cl. The van der Waals surface area contributed by atoms with Crippen molar-refractivity contribution in [3.63, 3.8) is 0 Å². The Kier molecular flexibility index (Phi) is 6.05. The van der Waals surface area contributed by atoms with Crippen LogP contribution in [0.3, 0.4) is 0 Å². The van der Waals surface area contributed by atoms with Gasteiger partial charge in [0.1, 0.15) is 11.8 Å². The number of nitrogens with zero attached hydrogens (tertiary/aromatic N) is 5. The van der Waals surface area contributed by atoms with E-state index in [-0.39, 0.29) is 16.8 Å². The lowest BCUT2D eigenvalue weighted by molar-refractivity contribution is -0.190.